The third-order valence-electron chi connectivity index (χ3n) is 4.49. The van der Waals surface area contributed by atoms with E-state index in [9.17, 15) is 19.5 Å². The van der Waals surface area contributed by atoms with E-state index in [1.165, 1.54) is 23.8 Å². The average molecular weight is 348 g/mol. The molecule has 0 aromatic heterocycles. The van der Waals surface area contributed by atoms with Crippen LogP contribution in [0.3, 0.4) is 0 Å². The monoisotopic (exact) mass is 348 g/mol. The fourth-order valence-electron chi connectivity index (χ4n) is 2.99. The molecular formula is C18H24N2O5. The predicted octanol–water partition coefficient (Wildman–Crippen LogP) is 0.778. The zero-order valence-corrected chi connectivity index (χ0v) is 14.6. The topological polar surface area (TPSA) is 87.2 Å². The van der Waals surface area contributed by atoms with Crippen molar-refractivity contribution in [3.63, 3.8) is 0 Å². The molecule has 0 saturated carbocycles. The molecule has 1 aliphatic rings. The minimum absolute atomic E-state index is 0.123. The molecule has 1 aromatic rings. The van der Waals surface area contributed by atoms with Gasteiger partial charge in [-0.2, -0.15) is 0 Å². The van der Waals surface area contributed by atoms with Gasteiger partial charge in [0.15, 0.2) is 0 Å². The number of carboxylic acids is 1. The SMILES string of the molecule is COC1CC(C(=O)O)N(C(=O)CN(CCc2ccccc2)C(C)=O)C1. The van der Waals surface area contributed by atoms with Gasteiger partial charge < -0.3 is 19.6 Å². The molecule has 2 amide bonds. The summed E-state index contributed by atoms with van der Waals surface area (Å²) in [5.74, 6) is -1.62. The van der Waals surface area contributed by atoms with Gasteiger partial charge in [0.1, 0.15) is 6.04 Å². The van der Waals surface area contributed by atoms with Crippen molar-refractivity contribution in [1.82, 2.24) is 9.80 Å². The first kappa shape index (κ1) is 18.9. The summed E-state index contributed by atoms with van der Waals surface area (Å²) in [5, 5.41) is 9.31. The summed E-state index contributed by atoms with van der Waals surface area (Å²) in [4.78, 5) is 38.6. The van der Waals surface area contributed by atoms with Gasteiger partial charge in [-0.15, -0.1) is 0 Å². The average Bonchev–Trinajstić information content (AvgIpc) is 3.04. The van der Waals surface area contributed by atoms with Crippen molar-refractivity contribution < 1.29 is 24.2 Å². The maximum Gasteiger partial charge on any atom is 0.326 e. The zero-order chi connectivity index (χ0) is 18.4. The third-order valence-corrected chi connectivity index (χ3v) is 4.49. The first-order valence-corrected chi connectivity index (χ1v) is 8.27. The third kappa shape index (κ3) is 5.03. The number of amides is 2. The molecule has 1 saturated heterocycles. The first-order valence-electron chi connectivity index (χ1n) is 8.27. The van der Waals surface area contributed by atoms with Crippen LogP contribution in [0.15, 0.2) is 30.3 Å². The van der Waals surface area contributed by atoms with Gasteiger partial charge in [0, 0.05) is 33.5 Å². The van der Waals surface area contributed by atoms with Gasteiger partial charge in [-0.05, 0) is 12.0 Å². The van der Waals surface area contributed by atoms with Crippen LogP contribution >= 0.6 is 0 Å². The van der Waals surface area contributed by atoms with E-state index in [0.717, 1.165) is 5.56 Å². The molecule has 1 aromatic carbocycles. The van der Waals surface area contributed by atoms with E-state index in [1.54, 1.807) is 0 Å². The second-order valence-electron chi connectivity index (χ2n) is 6.17. The Labute approximate surface area is 147 Å². The number of rotatable bonds is 7. The highest BCUT2D eigenvalue weighted by Gasteiger charge is 2.40. The van der Waals surface area contributed by atoms with Gasteiger partial charge in [0.05, 0.1) is 12.6 Å². The van der Waals surface area contributed by atoms with Gasteiger partial charge in [-0.1, -0.05) is 30.3 Å². The standard InChI is InChI=1S/C18H24N2O5/c1-13(21)19(9-8-14-6-4-3-5-7-14)12-17(22)20-11-15(25-2)10-16(20)18(23)24/h3-7,15-16H,8-12H2,1-2H3,(H,23,24). The molecule has 0 bridgehead atoms. The number of carbonyl (C=O) groups excluding carboxylic acids is 2. The van der Waals surface area contributed by atoms with Gasteiger partial charge in [0.2, 0.25) is 11.8 Å². The smallest absolute Gasteiger partial charge is 0.326 e. The Morgan fingerprint density at radius 1 is 1.28 bits per heavy atom. The quantitative estimate of drug-likeness (QED) is 0.787. The molecule has 0 aliphatic carbocycles. The van der Waals surface area contributed by atoms with E-state index in [4.69, 9.17) is 4.74 Å². The van der Waals surface area contributed by atoms with Gasteiger partial charge in [-0.3, -0.25) is 9.59 Å². The summed E-state index contributed by atoms with van der Waals surface area (Å²) < 4.78 is 5.19. The van der Waals surface area contributed by atoms with Crippen LogP contribution in [0.4, 0.5) is 0 Å². The van der Waals surface area contributed by atoms with Gasteiger partial charge in [-0.25, -0.2) is 4.79 Å². The fraction of sp³-hybridized carbons (Fsp3) is 0.500. The molecule has 1 fully saturated rings. The Morgan fingerprint density at radius 3 is 2.52 bits per heavy atom. The molecule has 2 atom stereocenters. The summed E-state index contributed by atoms with van der Waals surface area (Å²) in [6.07, 6.45) is 0.610. The highest BCUT2D eigenvalue weighted by molar-refractivity contribution is 5.88. The second kappa shape index (κ2) is 8.62. The second-order valence-corrected chi connectivity index (χ2v) is 6.17. The first-order chi connectivity index (χ1) is 11.9. The summed E-state index contributed by atoms with van der Waals surface area (Å²) in [6, 6.07) is 8.78. The highest BCUT2D eigenvalue weighted by Crippen LogP contribution is 2.20. The summed E-state index contributed by atoms with van der Waals surface area (Å²) in [7, 11) is 1.50. The molecule has 7 heteroatoms. The number of benzene rings is 1. The van der Waals surface area contributed by atoms with Crippen LogP contribution in [-0.2, 0) is 25.5 Å². The number of carbonyl (C=O) groups is 3. The Balaban J connectivity index is 1.99. The lowest BCUT2D eigenvalue weighted by Crippen LogP contribution is -2.47. The Hall–Kier alpha value is -2.41. The molecule has 0 radical (unpaired) electrons. The minimum atomic E-state index is -1.05. The van der Waals surface area contributed by atoms with Crippen LogP contribution in [0.5, 0.6) is 0 Å². The van der Waals surface area contributed by atoms with Crippen molar-refractivity contribution >= 4 is 17.8 Å². The lowest BCUT2D eigenvalue weighted by Gasteiger charge is -2.26. The predicted molar refractivity (Wildman–Crippen MR) is 91.0 cm³/mol. The van der Waals surface area contributed by atoms with Crippen LogP contribution in [0, 0.1) is 0 Å². The molecule has 2 unspecified atom stereocenters. The van der Waals surface area contributed by atoms with E-state index < -0.39 is 12.0 Å². The molecule has 0 spiro atoms. The van der Waals surface area contributed by atoms with Crippen LogP contribution in [0.25, 0.3) is 0 Å². The molecule has 136 valence electrons. The number of hydrogen-bond donors (Lipinski definition) is 1. The number of methoxy groups -OCH3 is 1. The number of carboxylic acid groups (broad SMARTS) is 1. The summed E-state index contributed by atoms with van der Waals surface area (Å²) >= 11 is 0. The van der Waals surface area contributed by atoms with Crippen LogP contribution in [0.1, 0.15) is 18.9 Å². The van der Waals surface area contributed by atoms with Gasteiger partial charge >= 0.3 is 5.97 Å². The van der Waals surface area contributed by atoms with E-state index in [1.807, 2.05) is 30.3 Å². The summed E-state index contributed by atoms with van der Waals surface area (Å²) in [6.45, 7) is 1.93. The van der Waals surface area contributed by atoms with Crippen molar-refractivity contribution in [3.05, 3.63) is 35.9 Å². The molecule has 7 nitrogen and oxygen atoms in total. The van der Waals surface area contributed by atoms with Crippen LogP contribution < -0.4 is 0 Å². The number of likely N-dealkylation sites (tertiary alicyclic amines) is 1. The molecular weight excluding hydrogens is 324 g/mol. The normalized spacial score (nSPS) is 19.7. The molecule has 1 N–H and O–H groups in total. The van der Waals surface area contributed by atoms with Crippen molar-refractivity contribution in [2.45, 2.75) is 31.9 Å². The largest absolute Gasteiger partial charge is 0.480 e. The number of nitrogens with zero attached hydrogens (tertiary/aromatic N) is 2. The van der Waals surface area contributed by atoms with E-state index in [-0.39, 0.29) is 37.4 Å². The van der Waals surface area contributed by atoms with Gasteiger partial charge in [0.25, 0.3) is 0 Å². The zero-order valence-electron chi connectivity index (χ0n) is 14.6. The van der Waals surface area contributed by atoms with Crippen LogP contribution in [0.2, 0.25) is 0 Å². The molecule has 25 heavy (non-hydrogen) atoms. The number of ether oxygens (including phenoxy) is 1. The Morgan fingerprint density at radius 2 is 1.96 bits per heavy atom. The maximum absolute atomic E-state index is 12.6. The van der Waals surface area contributed by atoms with E-state index >= 15 is 0 Å². The number of aliphatic carboxylic acids is 1. The maximum atomic E-state index is 12.6. The molecule has 1 heterocycles. The lowest BCUT2D eigenvalue weighted by atomic mass is 10.1. The van der Waals surface area contributed by atoms with Crippen molar-refractivity contribution in [3.8, 4) is 0 Å². The fourth-order valence-corrected chi connectivity index (χ4v) is 2.99. The minimum Gasteiger partial charge on any atom is -0.480 e. The molecule has 2 rings (SSSR count). The van der Waals surface area contributed by atoms with E-state index in [0.29, 0.717) is 13.0 Å². The highest BCUT2D eigenvalue weighted by atomic mass is 16.5. The van der Waals surface area contributed by atoms with Crippen molar-refractivity contribution in [2.24, 2.45) is 0 Å². The van der Waals surface area contributed by atoms with E-state index in [2.05, 4.69) is 0 Å². The van der Waals surface area contributed by atoms with Crippen molar-refractivity contribution in [1.29, 1.82) is 0 Å². The Bertz CT molecular complexity index is 619. The lowest BCUT2D eigenvalue weighted by molar-refractivity contribution is -0.149. The summed E-state index contributed by atoms with van der Waals surface area (Å²) in [5.41, 5.74) is 1.07. The Kier molecular flexibility index (Phi) is 6.52. The van der Waals surface area contributed by atoms with Crippen molar-refractivity contribution in [2.75, 3.05) is 26.7 Å². The number of hydrogen-bond acceptors (Lipinski definition) is 4. The van der Waals surface area contributed by atoms with Crippen LogP contribution in [-0.4, -0.2) is 71.6 Å². The molecule has 1 aliphatic heterocycles.